The van der Waals surface area contributed by atoms with Gasteiger partial charge in [0.25, 0.3) is 0 Å². The van der Waals surface area contributed by atoms with Crippen molar-refractivity contribution in [2.45, 2.75) is 19.9 Å². The number of aryl methyl sites for hydroxylation is 1. The zero-order chi connectivity index (χ0) is 12.4. The maximum absolute atomic E-state index is 11.9. The van der Waals surface area contributed by atoms with Gasteiger partial charge in [-0.15, -0.1) is 10.2 Å². The zero-order valence-electron chi connectivity index (χ0n) is 10.3. The largest absolute Gasteiger partial charge is 0.343 e. The number of nitrogens with zero attached hydrogens (tertiary/aromatic N) is 3. The molecule has 0 radical (unpaired) electrons. The van der Waals surface area contributed by atoms with Crippen molar-refractivity contribution in [2.24, 2.45) is 7.05 Å². The Kier molecular flexibility index (Phi) is 3.23. The summed E-state index contributed by atoms with van der Waals surface area (Å²) >= 11 is 0. The van der Waals surface area contributed by atoms with Crippen molar-refractivity contribution in [2.75, 3.05) is 13.1 Å². The summed E-state index contributed by atoms with van der Waals surface area (Å²) < 4.78 is 1.80. The molecule has 2 rings (SSSR count). The molecule has 2 N–H and O–H groups in total. The van der Waals surface area contributed by atoms with Crippen LogP contribution in [0.25, 0.3) is 0 Å². The third kappa shape index (κ3) is 2.36. The predicted molar refractivity (Wildman–Crippen MR) is 63.1 cm³/mol. The van der Waals surface area contributed by atoms with Crippen LogP contribution in [-0.2, 0) is 11.8 Å². The monoisotopic (exact) mass is 235 g/mol. The van der Waals surface area contributed by atoms with Gasteiger partial charge in [0, 0.05) is 25.7 Å². The summed E-state index contributed by atoms with van der Waals surface area (Å²) in [7, 11) is 1.86. The van der Waals surface area contributed by atoms with E-state index in [1.54, 1.807) is 10.9 Å². The third-order valence-electron chi connectivity index (χ3n) is 3.03. The molecule has 1 unspecified atom stereocenters. The second-order valence-electron chi connectivity index (χ2n) is 4.33. The molecule has 0 aromatic carbocycles. The first-order valence-electron chi connectivity index (χ1n) is 5.63. The molecule has 1 amide bonds. The van der Waals surface area contributed by atoms with Crippen LogP contribution in [0.4, 0.5) is 0 Å². The number of rotatable bonds is 3. The molecule has 2 heterocycles. The third-order valence-corrected chi connectivity index (χ3v) is 3.03. The molecule has 1 saturated heterocycles. The maximum Gasteiger partial charge on any atom is 0.247 e. The van der Waals surface area contributed by atoms with Crippen LogP contribution in [-0.4, -0.2) is 33.8 Å². The maximum atomic E-state index is 11.9. The van der Waals surface area contributed by atoms with Crippen molar-refractivity contribution >= 4 is 5.91 Å². The van der Waals surface area contributed by atoms with Crippen molar-refractivity contribution in [1.29, 1.82) is 0 Å². The molecule has 0 saturated carbocycles. The summed E-state index contributed by atoms with van der Waals surface area (Å²) in [5, 5.41) is 13.8. The summed E-state index contributed by atoms with van der Waals surface area (Å²) in [5.74, 6) is 0.722. The lowest BCUT2D eigenvalue weighted by Crippen LogP contribution is -2.38. The number of carbonyl (C=O) groups excluding carboxylic acids is 1. The molecule has 1 aliphatic heterocycles. The number of amides is 1. The van der Waals surface area contributed by atoms with E-state index in [9.17, 15) is 4.79 Å². The summed E-state index contributed by atoms with van der Waals surface area (Å²) in [6.07, 6.45) is 1.62. The second kappa shape index (κ2) is 4.67. The number of nitrogens with one attached hydrogen (secondary N) is 2. The van der Waals surface area contributed by atoms with E-state index in [0.29, 0.717) is 0 Å². The van der Waals surface area contributed by atoms with Crippen LogP contribution in [0.3, 0.4) is 0 Å². The quantitative estimate of drug-likeness (QED) is 0.718. The lowest BCUT2D eigenvalue weighted by molar-refractivity contribution is -0.118. The van der Waals surface area contributed by atoms with Crippen molar-refractivity contribution in [3.8, 4) is 0 Å². The smallest absolute Gasteiger partial charge is 0.247 e. The molecule has 6 heteroatoms. The summed E-state index contributed by atoms with van der Waals surface area (Å²) in [6.45, 7) is 5.39. The molecule has 1 aromatic heterocycles. The lowest BCUT2D eigenvalue weighted by Gasteiger charge is -2.22. The van der Waals surface area contributed by atoms with E-state index >= 15 is 0 Å². The van der Waals surface area contributed by atoms with Gasteiger partial charge in [0.2, 0.25) is 5.91 Å². The van der Waals surface area contributed by atoms with E-state index in [1.165, 1.54) is 5.57 Å². The van der Waals surface area contributed by atoms with E-state index in [0.717, 1.165) is 24.5 Å². The SMILES string of the molecule is CC(C(=O)NC(C)c1nncn1C)=C1CNC1. The van der Waals surface area contributed by atoms with E-state index in [4.69, 9.17) is 0 Å². The van der Waals surface area contributed by atoms with E-state index in [1.807, 2.05) is 20.9 Å². The van der Waals surface area contributed by atoms with E-state index < -0.39 is 0 Å². The number of carbonyl (C=O) groups is 1. The van der Waals surface area contributed by atoms with Gasteiger partial charge in [-0.2, -0.15) is 0 Å². The molecular weight excluding hydrogens is 218 g/mol. The minimum atomic E-state index is -0.140. The fourth-order valence-corrected chi connectivity index (χ4v) is 1.73. The molecule has 1 aromatic rings. The average molecular weight is 235 g/mol. The zero-order valence-corrected chi connectivity index (χ0v) is 10.3. The van der Waals surface area contributed by atoms with Crippen LogP contribution >= 0.6 is 0 Å². The van der Waals surface area contributed by atoms with Gasteiger partial charge in [0.15, 0.2) is 5.82 Å². The van der Waals surface area contributed by atoms with Crippen LogP contribution in [0.2, 0.25) is 0 Å². The van der Waals surface area contributed by atoms with Crippen LogP contribution in [0, 0.1) is 0 Å². The average Bonchev–Trinajstić information content (AvgIpc) is 2.61. The van der Waals surface area contributed by atoms with Crippen LogP contribution in [0.15, 0.2) is 17.5 Å². The van der Waals surface area contributed by atoms with Crippen LogP contribution in [0.1, 0.15) is 25.7 Å². The number of hydrogen-bond acceptors (Lipinski definition) is 4. The number of hydrogen-bond donors (Lipinski definition) is 2. The second-order valence-corrected chi connectivity index (χ2v) is 4.33. The molecule has 0 aliphatic carbocycles. The normalized spacial score (nSPS) is 16.3. The topological polar surface area (TPSA) is 71.8 Å². The Morgan fingerprint density at radius 3 is 2.76 bits per heavy atom. The van der Waals surface area contributed by atoms with Crippen molar-refractivity contribution in [3.05, 3.63) is 23.3 Å². The van der Waals surface area contributed by atoms with Crippen LogP contribution in [0.5, 0.6) is 0 Å². The molecular formula is C11H17N5O. The first-order chi connectivity index (χ1) is 8.09. The fourth-order valence-electron chi connectivity index (χ4n) is 1.73. The highest BCUT2D eigenvalue weighted by molar-refractivity contribution is 5.94. The highest BCUT2D eigenvalue weighted by Crippen LogP contribution is 2.12. The Labute approximate surface area is 100 Å². The fraction of sp³-hybridized carbons (Fsp3) is 0.545. The molecule has 92 valence electrons. The Hall–Kier alpha value is -1.69. The van der Waals surface area contributed by atoms with Crippen molar-refractivity contribution in [1.82, 2.24) is 25.4 Å². The van der Waals surface area contributed by atoms with Crippen LogP contribution < -0.4 is 10.6 Å². The summed E-state index contributed by atoms with van der Waals surface area (Å²) in [4.78, 5) is 11.9. The Balaban J connectivity index is 2.02. The van der Waals surface area contributed by atoms with E-state index in [-0.39, 0.29) is 11.9 Å². The van der Waals surface area contributed by atoms with E-state index in [2.05, 4.69) is 20.8 Å². The van der Waals surface area contributed by atoms with Crippen molar-refractivity contribution < 1.29 is 4.79 Å². The summed E-state index contributed by atoms with van der Waals surface area (Å²) in [5.41, 5.74) is 1.98. The van der Waals surface area contributed by atoms with Gasteiger partial charge < -0.3 is 15.2 Å². The van der Waals surface area contributed by atoms with Gasteiger partial charge in [-0.1, -0.05) is 0 Å². The standard InChI is InChI=1S/C11H17N5O/c1-7(9-4-12-5-9)11(17)14-8(2)10-15-13-6-16(10)3/h6,8,12H,4-5H2,1-3H3,(H,14,17). The Morgan fingerprint density at radius 1 is 1.59 bits per heavy atom. The van der Waals surface area contributed by atoms with Gasteiger partial charge in [-0.05, 0) is 19.4 Å². The van der Waals surface area contributed by atoms with Gasteiger partial charge in [-0.25, -0.2) is 0 Å². The number of aromatic nitrogens is 3. The lowest BCUT2D eigenvalue weighted by atomic mass is 10.0. The molecule has 0 bridgehead atoms. The Morgan fingerprint density at radius 2 is 2.29 bits per heavy atom. The van der Waals surface area contributed by atoms with Gasteiger partial charge in [0.1, 0.15) is 6.33 Å². The summed E-state index contributed by atoms with van der Waals surface area (Å²) in [6, 6.07) is -0.140. The minimum Gasteiger partial charge on any atom is -0.343 e. The minimum absolute atomic E-state index is 0.0306. The first-order valence-corrected chi connectivity index (χ1v) is 5.63. The predicted octanol–water partition coefficient (Wildman–Crippen LogP) is -0.0880. The molecule has 1 fully saturated rings. The Bertz CT molecular complexity index is 456. The molecule has 17 heavy (non-hydrogen) atoms. The molecule has 1 atom stereocenters. The highest BCUT2D eigenvalue weighted by Gasteiger charge is 2.19. The van der Waals surface area contributed by atoms with Gasteiger partial charge in [-0.3, -0.25) is 4.79 Å². The highest BCUT2D eigenvalue weighted by atomic mass is 16.1. The van der Waals surface area contributed by atoms with Gasteiger partial charge >= 0.3 is 0 Å². The molecule has 0 spiro atoms. The first kappa shape index (κ1) is 11.8. The molecule has 6 nitrogen and oxygen atoms in total. The van der Waals surface area contributed by atoms with Gasteiger partial charge in [0.05, 0.1) is 6.04 Å². The molecule has 1 aliphatic rings. The van der Waals surface area contributed by atoms with Crippen molar-refractivity contribution in [3.63, 3.8) is 0 Å².